The number of anilines is 1. The van der Waals surface area contributed by atoms with Crippen molar-refractivity contribution < 1.29 is 27.5 Å². The van der Waals surface area contributed by atoms with Crippen molar-refractivity contribution in [3.8, 4) is 0 Å². The van der Waals surface area contributed by atoms with Crippen LogP contribution in [0.4, 0.5) is 10.1 Å². The molecule has 3 aromatic carbocycles. The van der Waals surface area contributed by atoms with Gasteiger partial charge in [-0.05, 0) is 67.1 Å². The molecule has 0 fully saturated rings. The number of hydrogen-bond acceptors (Lipinski definition) is 7. The third-order valence-corrected chi connectivity index (χ3v) is 7.55. The number of aromatic nitrogens is 3. The third-order valence-electron chi connectivity index (χ3n) is 5.43. The fourth-order valence-electron chi connectivity index (χ4n) is 3.52. The van der Waals surface area contributed by atoms with Gasteiger partial charge in [-0.25, -0.2) is 17.5 Å². The Labute approximate surface area is 203 Å². The number of amides is 1. The van der Waals surface area contributed by atoms with Gasteiger partial charge in [-0.2, -0.15) is 0 Å². The highest BCUT2D eigenvalue weighted by Gasteiger charge is 2.34. The van der Waals surface area contributed by atoms with Crippen molar-refractivity contribution in [2.75, 3.05) is 5.32 Å². The number of nitrogens with zero attached hydrogens (tertiary/aromatic N) is 3. The molecule has 1 unspecified atom stereocenters. The van der Waals surface area contributed by atoms with Crippen LogP contribution in [0.5, 0.6) is 0 Å². The van der Waals surface area contributed by atoms with E-state index in [-0.39, 0.29) is 28.1 Å². The van der Waals surface area contributed by atoms with Crippen molar-refractivity contribution in [3.63, 3.8) is 0 Å². The average molecular weight is 511 g/mol. The summed E-state index contributed by atoms with van der Waals surface area (Å²) in [5, 5.41) is 18.3. The van der Waals surface area contributed by atoms with Crippen molar-refractivity contribution in [2.45, 2.75) is 23.1 Å². The van der Waals surface area contributed by atoms with Crippen LogP contribution in [0.25, 0.3) is 10.9 Å². The van der Waals surface area contributed by atoms with Gasteiger partial charge in [0.05, 0.1) is 10.3 Å². The highest BCUT2D eigenvalue weighted by atomic mass is 32.2. The van der Waals surface area contributed by atoms with Gasteiger partial charge in [-0.15, -0.1) is 5.10 Å². The monoisotopic (exact) mass is 510 g/mol. The zero-order valence-electron chi connectivity index (χ0n) is 18.5. The summed E-state index contributed by atoms with van der Waals surface area (Å²) < 4.78 is 40.1. The fourth-order valence-corrected chi connectivity index (χ4v) is 5.04. The molecule has 0 bridgehead atoms. The molecule has 0 aliphatic carbocycles. The molecule has 1 amide bonds. The number of benzene rings is 3. The highest BCUT2D eigenvalue weighted by molar-refractivity contribution is 7.92. The molecule has 12 heteroatoms. The van der Waals surface area contributed by atoms with E-state index in [1.54, 1.807) is 24.3 Å². The van der Waals surface area contributed by atoms with Gasteiger partial charge < -0.3 is 10.4 Å². The summed E-state index contributed by atoms with van der Waals surface area (Å²) >= 11 is 0. The Morgan fingerprint density at radius 2 is 1.67 bits per heavy atom. The number of carbonyl (C=O) groups is 2. The number of sulfone groups is 1. The van der Waals surface area contributed by atoms with Gasteiger partial charge in [0.1, 0.15) is 11.3 Å². The molecule has 1 heterocycles. The van der Waals surface area contributed by atoms with E-state index < -0.39 is 44.8 Å². The van der Waals surface area contributed by atoms with Crippen molar-refractivity contribution in [3.05, 3.63) is 94.5 Å². The standard InChI is InChI=1S/C24H19FN4O6S/c25-16-7-5-15(6-8-16)22(30)26-17-9-11-18(12-10-17)36(34,35)21(24(32)33)13-14-29-23(31)19-3-1-2-4-20(19)27-28-29/h1-12,21H,13-14H2,(H,26,30)(H,32,33). The van der Waals surface area contributed by atoms with E-state index >= 15 is 0 Å². The number of rotatable bonds is 8. The molecule has 0 saturated carbocycles. The van der Waals surface area contributed by atoms with Crippen LogP contribution in [0.2, 0.25) is 0 Å². The van der Waals surface area contributed by atoms with Gasteiger partial charge in [0.15, 0.2) is 15.1 Å². The molecule has 4 rings (SSSR count). The van der Waals surface area contributed by atoms with E-state index in [9.17, 15) is 32.3 Å². The molecule has 0 aliphatic rings. The van der Waals surface area contributed by atoms with Gasteiger partial charge in [0.25, 0.3) is 11.5 Å². The van der Waals surface area contributed by atoms with Crippen molar-refractivity contribution in [1.29, 1.82) is 0 Å². The predicted octanol–water partition coefficient (Wildman–Crippen LogP) is 2.50. The van der Waals surface area contributed by atoms with Crippen LogP contribution in [-0.2, 0) is 21.2 Å². The maximum absolute atomic E-state index is 13.1. The molecule has 0 saturated heterocycles. The van der Waals surface area contributed by atoms with E-state index in [0.717, 1.165) is 16.8 Å². The summed E-state index contributed by atoms with van der Waals surface area (Å²) in [4.78, 5) is 36.4. The van der Waals surface area contributed by atoms with E-state index in [1.165, 1.54) is 36.4 Å². The number of nitrogens with one attached hydrogen (secondary N) is 1. The number of aryl methyl sites for hydroxylation is 1. The lowest BCUT2D eigenvalue weighted by atomic mass is 10.2. The van der Waals surface area contributed by atoms with Gasteiger partial charge in [-0.1, -0.05) is 17.3 Å². The smallest absolute Gasteiger partial charge is 0.322 e. The molecule has 10 nitrogen and oxygen atoms in total. The molecule has 4 aromatic rings. The highest BCUT2D eigenvalue weighted by Crippen LogP contribution is 2.22. The van der Waals surface area contributed by atoms with Gasteiger partial charge >= 0.3 is 5.97 Å². The molecular formula is C24H19FN4O6S. The minimum atomic E-state index is -4.35. The lowest BCUT2D eigenvalue weighted by Crippen LogP contribution is -2.34. The number of hydrogen-bond donors (Lipinski definition) is 2. The van der Waals surface area contributed by atoms with Crippen LogP contribution in [0, 0.1) is 5.82 Å². The Kier molecular flexibility index (Phi) is 6.88. The van der Waals surface area contributed by atoms with E-state index in [1.807, 2.05) is 0 Å². The summed E-state index contributed by atoms with van der Waals surface area (Å²) in [7, 11) is -4.35. The zero-order valence-corrected chi connectivity index (χ0v) is 19.4. The second kappa shape index (κ2) is 10.0. The molecule has 36 heavy (non-hydrogen) atoms. The third kappa shape index (κ3) is 5.13. The van der Waals surface area contributed by atoms with Gasteiger partial charge in [0.2, 0.25) is 0 Å². The first-order valence-electron chi connectivity index (χ1n) is 10.6. The average Bonchev–Trinajstić information content (AvgIpc) is 2.86. The second-order valence-corrected chi connectivity index (χ2v) is 9.91. The van der Waals surface area contributed by atoms with Gasteiger partial charge in [-0.3, -0.25) is 14.4 Å². The van der Waals surface area contributed by atoms with Crippen molar-refractivity contribution >= 4 is 38.3 Å². The number of carboxylic acid groups (broad SMARTS) is 1. The van der Waals surface area contributed by atoms with E-state index in [0.29, 0.717) is 5.52 Å². The fraction of sp³-hybridized carbons (Fsp3) is 0.125. The van der Waals surface area contributed by atoms with Crippen LogP contribution in [0.3, 0.4) is 0 Å². The van der Waals surface area contributed by atoms with E-state index in [4.69, 9.17) is 0 Å². The number of carboxylic acids is 1. The molecule has 0 spiro atoms. The number of halogens is 1. The molecule has 0 radical (unpaired) electrons. The first-order valence-corrected chi connectivity index (χ1v) is 12.2. The lowest BCUT2D eigenvalue weighted by Gasteiger charge is -2.14. The quantitative estimate of drug-likeness (QED) is 0.367. The summed E-state index contributed by atoms with van der Waals surface area (Å²) in [6.07, 6.45) is -0.423. The minimum absolute atomic E-state index is 0.200. The topological polar surface area (TPSA) is 148 Å². The zero-order chi connectivity index (χ0) is 25.9. The number of carbonyl (C=O) groups excluding carboxylic acids is 1. The largest absolute Gasteiger partial charge is 0.480 e. The Hall–Kier alpha value is -4.45. The molecule has 1 atom stereocenters. The maximum Gasteiger partial charge on any atom is 0.322 e. The van der Waals surface area contributed by atoms with Crippen molar-refractivity contribution in [2.24, 2.45) is 0 Å². The Morgan fingerprint density at radius 3 is 2.33 bits per heavy atom. The molecule has 2 N–H and O–H groups in total. The van der Waals surface area contributed by atoms with Crippen molar-refractivity contribution in [1.82, 2.24) is 15.0 Å². The number of aliphatic carboxylic acids is 1. The van der Waals surface area contributed by atoms with Gasteiger partial charge in [0, 0.05) is 17.8 Å². The Morgan fingerprint density at radius 1 is 1.00 bits per heavy atom. The molecule has 1 aromatic heterocycles. The lowest BCUT2D eigenvalue weighted by molar-refractivity contribution is -0.136. The molecule has 184 valence electrons. The maximum atomic E-state index is 13.1. The summed E-state index contributed by atoms with van der Waals surface area (Å²) in [5.74, 6) is -2.60. The summed E-state index contributed by atoms with van der Waals surface area (Å²) in [5.41, 5.74) is 0.315. The Bertz CT molecular complexity index is 1600. The minimum Gasteiger partial charge on any atom is -0.480 e. The normalized spacial score (nSPS) is 12.2. The van der Waals surface area contributed by atoms with Crippen LogP contribution in [0.15, 0.2) is 82.5 Å². The molecular weight excluding hydrogens is 491 g/mol. The Balaban J connectivity index is 1.50. The SMILES string of the molecule is O=C(Nc1ccc(S(=O)(=O)C(CCn2nnc3ccccc3c2=O)C(=O)O)cc1)c1ccc(F)cc1. The molecule has 0 aliphatic heterocycles. The summed E-state index contributed by atoms with van der Waals surface area (Å²) in [6.45, 7) is -0.279. The first-order chi connectivity index (χ1) is 17.2. The van der Waals surface area contributed by atoms with Crippen LogP contribution >= 0.6 is 0 Å². The number of fused-ring (bicyclic) bond motifs is 1. The first kappa shape index (κ1) is 24.7. The van der Waals surface area contributed by atoms with E-state index in [2.05, 4.69) is 15.6 Å². The summed E-state index contributed by atoms with van der Waals surface area (Å²) in [6, 6.07) is 16.3. The second-order valence-electron chi connectivity index (χ2n) is 7.78. The predicted molar refractivity (Wildman–Crippen MR) is 128 cm³/mol. The van der Waals surface area contributed by atoms with Crippen LogP contribution in [-0.4, -0.2) is 45.6 Å². The van der Waals surface area contributed by atoms with Crippen LogP contribution < -0.4 is 10.9 Å². The van der Waals surface area contributed by atoms with Crippen LogP contribution in [0.1, 0.15) is 16.8 Å².